The third kappa shape index (κ3) is 2.72. The second kappa shape index (κ2) is 5.90. The summed E-state index contributed by atoms with van der Waals surface area (Å²) in [5, 5.41) is 10.0. The lowest BCUT2D eigenvalue weighted by Gasteiger charge is -2.20. The first-order valence-electron chi connectivity index (χ1n) is 8.36. The summed E-state index contributed by atoms with van der Waals surface area (Å²) in [6.07, 6.45) is 3.89. The van der Waals surface area contributed by atoms with Crippen molar-refractivity contribution in [1.82, 2.24) is 9.55 Å². The number of halogens is 1. The monoisotopic (exact) mass is 345 g/mol. The van der Waals surface area contributed by atoms with Crippen LogP contribution in [0.15, 0.2) is 24.3 Å². The molecule has 5 nitrogen and oxygen atoms in total. The molecule has 2 aliphatic carbocycles. The molecule has 0 spiro atoms. The first-order chi connectivity index (χ1) is 11.5. The molecule has 1 fully saturated rings. The molecule has 24 heavy (non-hydrogen) atoms. The number of benzene rings is 1. The molecule has 1 heterocycles. The number of rotatable bonds is 5. The SMILES string of the molecule is NC(C(=O)O)C1CCc2nc(C3CC3)n(Cc3ccc(Cl)cc3)c21. The average molecular weight is 346 g/mol. The summed E-state index contributed by atoms with van der Waals surface area (Å²) in [7, 11) is 0. The van der Waals surface area contributed by atoms with Gasteiger partial charge in [0.05, 0.1) is 5.69 Å². The van der Waals surface area contributed by atoms with Crippen LogP contribution in [-0.2, 0) is 17.8 Å². The van der Waals surface area contributed by atoms with Gasteiger partial charge in [-0.2, -0.15) is 0 Å². The molecule has 4 rings (SSSR count). The van der Waals surface area contributed by atoms with Crippen molar-refractivity contribution in [2.24, 2.45) is 5.73 Å². The van der Waals surface area contributed by atoms with Gasteiger partial charge in [-0.25, -0.2) is 4.98 Å². The van der Waals surface area contributed by atoms with Crippen molar-refractivity contribution >= 4 is 17.6 Å². The Labute approximate surface area is 145 Å². The Morgan fingerprint density at radius 1 is 1.33 bits per heavy atom. The van der Waals surface area contributed by atoms with E-state index in [1.807, 2.05) is 24.3 Å². The van der Waals surface area contributed by atoms with Gasteiger partial charge in [-0.15, -0.1) is 0 Å². The first-order valence-corrected chi connectivity index (χ1v) is 8.74. The predicted molar refractivity (Wildman–Crippen MR) is 91.4 cm³/mol. The number of aliphatic carboxylic acids is 1. The van der Waals surface area contributed by atoms with Crippen molar-refractivity contribution < 1.29 is 9.90 Å². The van der Waals surface area contributed by atoms with Crippen LogP contribution in [0.1, 0.15) is 53.9 Å². The maximum Gasteiger partial charge on any atom is 0.321 e. The number of carboxylic acids is 1. The smallest absolute Gasteiger partial charge is 0.321 e. The van der Waals surface area contributed by atoms with Crippen molar-refractivity contribution in [3.05, 3.63) is 52.1 Å². The zero-order valence-electron chi connectivity index (χ0n) is 13.3. The zero-order valence-corrected chi connectivity index (χ0v) is 14.0. The molecule has 126 valence electrons. The Morgan fingerprint density at radius 2 is 2.04 bits per heavy atom. The van der Waals surface area contributed by atoms with E-state index in [4.69, 9.17) is 22.3 Å². The van der Waals surface area contributed by atoms with Crippen LogP contribution >= 0.6 is 11.6 Å². The van der Waals surface area contributed by atoms with Crippen LogP contribution in [0.25, 0.3) is 0 Å². The van der Waals surface area contributed by atoms with Crippen molar-refractivity contribution in [2.45, 2.75) is 50.1 Å². The second-order valence-electron chi connectivity index (χ2n) is 6.80. The standard InChI is InChI=1S/C18H20ClN3O2/c19-12-5-1-10(2-6-12)9-22-16-13(15(20)18(23)24)7-8-14(16)21-17(22)11-3-4-11/h1-2,5-6,11,13,15H,3-4,7-9,20H2,(H,23,24). The van der Waals surface area contributed by atoms with Crippen LogP contribution in [-0.4, -0.2) is 26.7 Å². The van der Waals surface area contributed by atoms with Gasteiger partial charge in [0, 0.05) is 29.1 Å². The van der Waals surface area contributed by atoms with Crippen molar-refractivity contribution in [3.63, 3.8) is 0 Å². The minimum Gasteiger partial charge on any atom is -0.480 e. The first kappa shape index (κ1) is 15.7. The fraction of sp³-hybridized carbons (Fsp3) is 0.444. The Morgan fingerprint density at radius 3 is 2.67 bits per heavy atom. The highest BCUT2D eigenvalue weighted by Crippen LogP contribution is 2.44. The van der Waals surface area contributed by atoms with Crippen LogP contribution < -0.4 is 5.73 Å². The van der Waals surface area contributed by atoms with Gasteiger partial charge >= 0.3 is 5.97 Å². The number of nitrogens with zero attached hydrogens (tertiary/aromatic N) is 2. The van der Waals surface area contributed by atoms with Crippen LogP contribution in [0.3, 0.4) is 0 Å². The molecule has 6 heteroatoms. The maximum atomic E-state index is 11.4. The summed E-state index contributed by atoms with van der Waals surface area (Å²) < 4.78 is 2.22. The molecule has 0 radical (unpaired) electrons. The number of hydrogen-bond acceptors (Lipinski definition) is 3. The quantitative estimate of drug-likeness (QED) is 0.873. The normalized spacial score (nSPS) is 20.8. The van der Waals surface area contributed by atoms with Gasteiger partial charge in [0.1, 0.15) is 11.9 Å². The molecule has 0 bridgehead atoms. The van der Waals surface area contributed by atoms with Gasteiger partial charge < -0.3 is 15.4 Å². The molecule has 3 N–H and O–H groups in total. The predicted octanol–water partition coefficient (Wildman–Crippen LogP) is 2.90. The number of fused-ring (bicyclic) bond motifs is 1. The number of hydrogen-bond donors (Lipinski definition) is 2. The molecule has 1 saturated carbocycles. The molecule has 2 atom stereocenters. The van der Waals surface area contributed by atoms with E-state index in [1.54, 1.807) is 0 Å². The lowest BCUT2D eigenvalue weighted by molar-refractivity contribution is -0.139. The maximum absolute atomic E-state index is 11.4. The molecular formula is C18H20ClN3O2. The number of aromatic nitrogens is 2. The van der Waals surface area contributed by atoms with E-state index >= 15 is 0 Å². The topological polar surface area (TPSA) is 81.1 Å². The highest BCUT2D eigenvalue weighted by atomic mass is 35.5. The Balaban J connectivity index is 1.74. The van der Waals surface area contributed by atoms with Crippen molar-refractivity contribution in [3.8, 4) is 0 Å². The van der Waals surface area contributed by atoms with Gasteiger partial charge in [0.2, 0.25) is 0 Å². The largest absolute Gasteiger partial charge is 0.480 e. The minimum absolute atomic E-state index is 0.162. The fourth-order valence-electron chi connectivity index (χ4n) is 3.68. The number of nitrogens with two attached hydrogens (primary N) is 1. The van der Waals surface area contributed by atoms with E-state index in [1.165, 1.54) is 0 Å². The van der Waals surface area contributed by atoms with Gasteiger partial charge in [-0.05, 0) is 43.4 Å². The van der Waals surface area contributed by atoms with E-state index in [9.17, 15) is 9.90 Å². The van der Waals surface area contributed by atoms with Crippen molar-refractivity contribution in [2.75, 3.05) is 0 Å². The Hall–Kier alpha value is -1.85. The fourth-order valence-corrected chi connectivity index (χ4v) is 3.80. The summed E-state index contributed by atoms with van der Waals surface area (Å²) in [4.78, 5) is 16.2. The zero-order chi connectivity index (χ0) is 16.8. The van der Waals surface area contributed by atoms with Gasteiger partial charge in [-0.1, -0.05) is 23.7 Å². The van der Waals surface area contributed by atoms with Gasteiger partial charge in [0.15, 0.2) is 0 Å². The van der Waals surface area contributed by atoms with E-state index in [0.29, 0.717) is 17.5 Å². The third-order valence-corrected chi connectivity index (χ3v) is 5.32. The van der Waals surface area contributed by atoms with E-state index in [2.05, 4.69) is 4.57 Å². The van der Waals surface area contributed by atoms with Crippen LogP contribution in [0.4, 0.5) is 0 Å². The highest BCUT2D eigenvalue weighted by Gasteiger charge is 2.39. The van der Waals surface area contributed by atoms with Crippen LogP contribution in [0.2, 0.25) is 5.02 Å². The highest BCUT2D eigenvalue weighted by molar-refractivity contribution is 6.30. The molecule has 2 aromatic rings. The number of imidazole rings is 1. The second-order valence-corrected chi connectivity index (χ2v) is 7.23. The summed E-state index contributed by atoms with van der Waals surface area (Å²) >= 11 is 5.98. The number of aryl methyl sites for hydroxylation is 1. The summed E-state index contributed by atoms with van der Waals surface area (Å²) in [5.74, 6) is 0.492. The lowest BCUT2D eigenvalue weighted by Crippen LogP contribution is -2.36. The molecule has 0 saturated heterocycles. The molecule has 0 amide bonds. The van der Waals surface area contributed by atoms with Gasteiger partial charge in [0.25, 0.3) is 0 Å². The Kier molecular flexibility index (Phi) is 3.85. The third-order valence-electron chi connectivity index (χ3n) is 5.07. The number of carboxylic acid groups (broad SMARTS) is 1. The van der Waals surface area contributed by atoms with E-state index < -0.39 is 12.0 Å². The Bertz CT molecular complexity index is 780. The lowest BCUT2D eigenvalue weighted by atomic mass is 9.97. The minimum atomic E-state index is -0.944. The van der Waals surface area contributed by atoms with Crippen molar-refractivity contribution in [1.29, 1.82) is 0 Å². The van der Waals surface area contributed by atoms with E-state index in [0.717, 1.165) is 48.5 Å². The van der Waals surface area contributed by atoms with E-state index in [-0.39, 0.29) is 5.92 Å². The summed E-state index contributed by atoms with van der Waals surface area (Å²) in [6.45, 7) is 0.689. The summed E-state index contributed by atoms with van der Waals surface area (Å²) in [6, 6.07) is 6.90. The molecule has 2 aliphatic rings. The molecule has 1 aromatic heterocycles. The molecule has 2 unspecified atom stereocenters. The number of carbonyl (C=O) groups is 1. The summed E-state index contributed by atoms with van der Waals surface area (Å²) in [5.41, 5.74) is 9.16. The average Bonchev–Trinajstić information content (AvgIpc) is 3.23. The molecule has 0 aliphatic heterocycles. The van der Waals surface area contributed by atoms with Crippen LogP contribution in [0.5, 0.6) is 0 Å². The molecular weight excluding hydrogens is 326 g/mol. The van der Waals surface area contributed by atoms with Gasteiger partial charge in [-0.3, -0.25) is 4.79 Å². The molecule has 1 aromatic carbocycles. The van der Waals surface area contributed by atoms with Crippen LogP contribution in [0, 0.1) is 0 Å².